The van der Waals surface area contributed by atoms with Gasteiger partial charge in [-0.3, -0.25) is 4.68 Å². The highest BCUT2D eigenvalue weighted by molar-refractivity contribution is 5.09. The van der Waals surface area contributed by atoms with E-state index in [1.807, 2.05) is 6.92 Å². The van der Waals surface area contributed by atoms with E-state index in [0.29, 0.717) is 5.92 Å². The van der Waals surface area contributed by atoms with E-state index in [9.17, 15) is 0 Å². The van der Waals surface area contributed by atoms with Gasteiger partial charge in [0.15, 0.2) is 0 Å². The summed E-state index contributed by atoms with van der Waals surface area (Å²) in [4.78, 5) is 0. The van der Waals surface area contributed by atoms with Crippen LogP contribution in [0.4, 0.5) is 0 Å². The Hall–Kier alpha value is -0.830. The van der Waals surface area contributed by atoms with Crippen LogP contribution >= 0.6 is 0 Å². The number of aromatic nitrogens is 2. The van der Waals surface area contributed by atoms with Crippen LogP contribution in [0.1, 0.15) is 31.7 Å². The number of hydrogen-bond donors (Lipinski definition) is 1. The lowest BCUT2D eigenvalue weighted by Gasteiger charge is -2.12. The summed E-state index contributed by atoms with van der Waals surface area (Å²) >= 11 is 0. The maximum Gasteiger partial charge on any atom is 0.0596 e. The Morgan fingerprint density at radius 3 is 2.71 bits per heavy atom. The molecule has 0 bridgehead atoms. The summed E-state index contributed by atoms with van der Waals surface area (Å²) in [5, 5.41) is 4.43. The maximum atomic E-state index is 5.70. The normalized spacial score (nSPS) is 13.1. The van der Waals surface area contributed by atoms with E-state index in [2.05, 4.69) is 29.7 Å². The van der Waals surface area contributed by atoms with Crippen molar-refractivity contribution in [3.63, 3.8) is 0 Å². The molecule has 0 radical (unpaired) electrons. The molecule has 0 aliphatic heterocycles. The highest BCUT2D eigenvalue weighted by Gasteiger charge is 2.09. The van der Waals surface area contributed by atoms with E-state index in [0.717, 1.165) is 31.6 Å². The third-order valence-corrected chi connectivity index (χ3v) is 2.69. The lowest BCUT2D eigenvalue weighted by atomic mass is 10.0. The SMILES string of the molecule is CCC(CN)Cc1cc(C)nn1CC. The van der Waals surface area contributed by atoms with Gasteiger partial charge in [0.1, 0.15) is 0 Å². The zero-order chi connectivity index (χ0) is 10.6. The first kappa shape index (κ1) is 11.2. The Bertz CT molecular complexity index is 274. The molecular weight excluding hydrogens is 174 g/mol. The average Bonchev–Trinajstić information content (AvgIpc) is 2.55. The lowest BCUT2D eigenvalue weighted by Crippen LogP contribution is -2.17. The number of nitrogens with two attached hydrogens (primary N) is 1. The van der Waals surface area contributed by atoms with Crippen LogP contribution in [-0.4, -0.2) is 16.3 Å². The minimum atomic E-state index is 0.594. The second-order valence-electron chi connectivity index (χ2n) is 3.81. The third-order valence-electron chi connectivity index (χ3n) is 2.69. The molecule has 14 heavy (non-hydrogen) atoms. The van der Waals surface area contributed by atoms with Gasteiger partial charge in [0.2, 0.25) is 0 Å². The van der Waals surface area contributed by atoms with Gasteiger partial charge in [-0.25, -0.2) is 0 Å². The zero-order valence-corrected chi connectivity index (χ0v) is 9.45. The molecule has 0 amide bonds. The summed E-state index contributed by atoms with van der Waals surface area (Å²) < 4.78 is 2.08. The van der Waals surface area contributed by atoms with Gasteiger partial charge in [0, 0.05) is 12.2 Å². The van der Waals surface area contributed by atoms with Crippen molar-refractivity contribution in [2.24, 2.45) is 11.7 Å². The van der Waals surface area contributed by atoms with Gasteiger partial charge in [-0.15, -0.1) is 0 Å². The summed E-state index contributed by atoms with van der Waals surface area (Å²) in [6, 6.07) is 2.17. The van der Waals surface area contributed by atoms with E-state index >= 15 is 0 Å². The van der Waals surface area contributed by atoms with E-state index in [1.165, 1.54) is 5.69 Å². The first-order valence-electron chi connectivity index (χ1n) is 5.44. The van der Waals surface area contributed by atoms with Crippen LogP contribution in [0.3, 0.4) is 0 Å². The fourth-order valence-corrected chi connectivity index (χ4v) is 1.73. The number of nitrogens with zero attached hydrogens (tertiary/aromatic N) is 2. The van der Waals surface area contributed by atoms with Crippen LogP contribution in [-0.2, 0) is 13.0 Å². The molecule has 0 aromatic carbocycles. The predicted octanol–water partition coefficient (Wildman–Crippen LogP) is 1.74. The second-order valence-corrected chi connectivity index (χ2v) is 3.81. The maximum absolute atomic E-state index is 5.70. The summed E-state index contributed by atoms with van der Waals surface area (Å²) in [5.41, 5.74) is 8.13. The molecule has 1 atom stereocenters. The molecule has 0 fully saturated rings. The van der Waals surface area contributed by atoms with Gasteiger partial charge in [-0.1, -0.05) is 13.3 Å². The molecule has 80 valence electrons. The quantitative estimate of drug-likeness (QED) is 0.777. The predicted molar refractivity (Wildman–Crippen MR) is 59.2 cm³/mol. The number of rotatable bonds is 5. The molecular formula is C11H21N3. The van der Waals surface area contributed by atoms with Crippen molar-refractivity contribution in [2.75, 3.05) is 6.54 Å². The smallest absolute Gasteiger partial charge is 0.0596 e. The first-order valence-corrected chi connectivity index (χ1v) is 5.44. The largest absolute Gasteiger partial charge is 0.330 e. The third kappa shape index (κ3) is 2.58. The van der Waals surface area contributed by atoms with Crippen LogP contribution in [0.25, 0.3) is 0 Å². The molecule has 2 N–H and O–H groups in total. The molecule has 1 heterocycles. The minimum absolute atomic E-state index is 0.594. The molecule has 0 saturated carbocycles. The van der Waals surface area contributed by atoms with Crippen molar-refractivity contribution < 1.29 is 0 Å². The van der Waals surface area contributed by atoms with Gasteiger partial charge in [-0.2, -0.15) is 5.10 Å². The van der Waals surface area contributed by atoms with Crippen LogP contribution in [0, 0.1) is 12.8 Å². The van der Waals surface area contributed by atoms with Gasteiger partial charge in [-0.05, 0) is 38.8 Å². The standard InChI is InChI=1S/C11H21N3/c1-4-10(8-12)7-11-6-9(3)13-14(11)5-2/h6,10H,4-5,7-8,12H2,1-3H3. The molecule has 0 spiro atoms. The Kier molecular flexibility index (Phi) is 4.14. The van der Waals surface area contributed by atoms with Crippen LogP contribution in [0.5, 0.6) is 0 Å². The summed E-state index contributed by atoms with van der Waals surface area (Å²) in [6.07, 6.45) is 2.20. The fraction of sp³-hybridized carbons (Fsp3) is 0.727. The van der Waals surface area contributed by atoms with Gasteiger partial charge >= 0.3 is 0 Å². The number of hydrogen-bond acceptors (Lipinski definition) is 2. The summed E-state index contributed by atoms with van der Waals surface area (Å²) in [6.45, 7) is 8.07. The van der Waals surface area contributed by atoms with E-state index in [-0.39, 0.29) is 0 Å². The Balaban J connectivity index is 2.73. The lowest BCUT2D eigenvalue weighted by molar-refractivity contribution is 0.488. The highest BCUT2D eigenvalue weighted by atomic mass is 15.3. The molecule has 0 aliphatic carbocycles. The fourth-order valence-electron chi connectivity index (χ4n) is 1.73. The topological polar surface area (TPSA) is 43.8 Å². The highest BCUT2D eigenvalue weighted by Crippen LogP contribution is 2.12. The molecule has 1 aromatic rings. The first-order chi connectivity index (χ1) is 6.71. The van der Waals surface area contributed by atoms with Crippen LogP contribution < -0.4 is 5.73 Å². The van der Waals surface area contributed by atoms with Crippen molar-refractivity contribution in [1.82, 2.24) is 9.78 Å². The molecule has 0 saturated heterocycles. The average molecular weight is 195 g/mol. The second kappa shape index (κ2) is 5.15. The van der Waals surface area contributed by atoms with Crippen LogP contribution in [0.15, 0.2) is 6.07 Å². The minimum Gasteiger partial charge on any atom is -0.330 e. The Labute approximate surface area is 86.3 Å². The summed E-state index contributed by atoms with van der Waals surface area (Å²) in [5.74, 6) is 0.594. The van der Waals surface area contributed by atoms with Crippen molar-refractivity contribution in [3.05, 3.63) is 17.5 Å². The Morgan fingerprint density at radius 2 is 2.21 bits per heavy atom. The van der Waals surface area contributed by atoms with E-state index in [4.69, 9.17) is 5.73 Å². The zero-order valence-electron chi connectivity index (χ0n) is 9.45. The molecule has 0 aliphatic rings. The van der Waals surface area contributed by atoms with Crippen molar-refractivity contribution in [1.29, 1.82) is 0 Å². The van der Waals surface area contributed by atoms with Gasteiger partial charge in [0.05, 0.1) is 5.69 Å². The van der Waals surface area contributed by atoms with E-state index in [1.54, 1.807) is 0 Å². The van der Waals surface area contributed by atoms with Crippen molar-refractivity contribution >= 4 is 0 Å². The Morgan fingerprint density at radius 1 is 1.50 bits per heavy atom. The molecule has 3 nitrogen and oxygen atoms in total. The number of aryl methyl sites for hydroxylation is 2. The van der Waals surface area contributed by atoms with Crippen molar-refractivity contribution in [3.8, 4) is 0 Å². The van der Waals surface area contributed by atoms with E-state index < -0.39 is 0 Å². The van der Waals surface area contributed by atoms with Gasteiger partial charge < -0.3 is 5.73 Å². The summed E-state index contributed by atoms with van der Waals surface area (Å²) in [7, 11) is 0. The molecule has 1 aromatic heterocycles. The molecule has 1 rings (SSSR count). The molecule has 1 unspecified atom stereocenters. The van der Waals surface area contributed by atoms with Crippen LogP contribution in [0.2, 0.25) is 0 Å². The molecule has 3 heteroatoms. The van der Waals surface area contributed by atoms with Gasteiger partial charge in [0.25, 0.3) is 0 Å². The van der Waals surface area contributed by atoms with Crippen molar-refractivity contribution in [2.45, 2.75) is 40.2 Å². The monoisotopic (exact) mass is 195 g/mol.